The largest absolute Gasteiger partial charge is 0.494 e. The molecule has 1 fully saturated rings. The van der Waals surface area contributed by atoms with Gasteiger partial charge in [0, 0.05) is 51.0 Å². The zero-order valence-electron chi connectivity index (χ0n) is 20.4. The molecule has 194 valence electrons. The van der Waals surface area contributed by atoms with Crippen molar-refractivity contribution in [3.05, 3.63) is 52.0 Å². The molecule has 0 atom stereocenters. The molecule has 2 aliphatic rings. The van der Waals surface area contributed by atoms with Crippen LogP contribution in [0, 0.1) is 0 Å². The SMILES string of the molecule is O=C(CCCCl)N1C(=O)CCc2ccc(OCCCCN3CCN(c4cccc(Cl)c4Cl)CC3)cc21. The van der Waals surface area contributed by atoms with Crippen LogP contribution >= 0.6 is 34.8 Å². The van der Waals surface area contributed by atoms with Gasteiger partial charge in [-0.3, -0.25) is 19.4 Å². The van der Waals surface area contributed by atoms with Crippen molar-refractivity contribution in [2.75, 3.05) is 55.0 Å². The number of amides is 2. The number of fused-ring (bicyclic) bond motifs is 1. The first kappa shape index (κ1) is 27.1. The van der Waals surface area contributed by atoms with Gasteiger partial charge < -0.3 is 9.64 Å². The molecule has 0 saturated carbocycles. The molecule has 2 aromatic rings. The van der Waals surface area contributed by atoms with Gasteiger partial charge in [-0.05, 0) is 56.0 Å². The van der Waals surface area contributed by atoms with E-state index < -0.39 is 0 Å². The number of aryl methyl sites for hydroxylation is 1. The van der Waals surface area contributed by atoms with E-state index in [-0.39, 0.29) is 18.2 Å². The number of hydrogen-bond donors (Lipinski definition) is 0. The number of imide groups is 1. The highest BCUT2D eigenvalue weighted by Gasteiger charge is 2.29. The van der Waals surface area contributed by atoms with Gasteiger partial charge in [0.25, 0.3) is 0 Å². The first-order chi connectivity index (χ1) is 17.5. The lowest BCUT2D eigenvalue weighted by atomic mass is 10.0. The van der Waals surface area contributed by atoms with Gasteiger partial charge in [0.2, 0.25) is 11.8 Å². The number of rotatable bonds is 10. The Kier molecular flexibility index (Phi) is 9.77. The van der Waals surface area contributed by atoms with Crippen molar-refractivity contribution in [1.29, 1.82) is 0 Å². The highest BCUT2D eigenvalue weighted by Crippen LogP contribution is 2.34. The molecular weight excluding hydrogens is 521 g/mol. The predicted octanol–water partition coefficient (Wildman–Crippen LogP) is 5.80. The molecule has 2 aromatic carbocycles. The minimum atomic E-state index is -0.198. The summed E-state index contributed by atoms with van der Waals surface area (Å²) in [5.41, 5.74) is 2.66. The molecule has 0 unspecified atom stereocenters. The number of hydrogen-bond acceptors (Lipinski definition) is 5. The standard InChI is InChI=1S/C27H32Cl3N3O3/c28-12-4-7-25(34)33-24-19-21(10-8-20(24)9-11-26(33)35)36-18-2-1-13-31-14-16-32(17-15-31)23-6-3-5-22(29)27(23)30/h3,5-6,8,10,19H,1-2,4,7,9,11-18H2. The molecule has 2 amide bonds. The van der Waals surface area contributed by atoms with Crippen molar-refractivity contribution in [2.24, 2.45) is 0 Å². The molecule has 6 nitrogen and oxygen atoms in total. The van der Waals surface area contributed by atoms with Gasteiger partial charge in [-0.25, -0.2) is 0 Å². The molecule has 0 radical (unpaired) electrons. The van der Waals surface area contributed by atoms with Crippen LogP contribution in [0.2, 0.25) is 10.0 Å². The Balaban J connectivity index is 1.21. The topological polar surface area (TPSA) is 53.1 Å². The third kappa shape index (κ3) is 6.65. The average Bonchev–Trinajstić information content (AvgIpc) is 2.89. The fourth-order valence-electron chi connectivity index (χ4n) is 4.72. The maximum atomic E-state index is 12.6. The van der Waals surface area contributed by atoms with Gasteiger partial charge in [0.1, 0.15) is 5.75 Å². The molecule has 0 bridgehead atoms. The molecule has 4 rings (SSSR count). The maximum Gasteiger partial charge on any atom is 0.234 e. The van der Waals surface area contributed by atoms with E-state index >= 15 is 0 Å². The Morgan fingerprint density at radius 1 is 0.944 bits per heavy atom. The first-order valence-electron chi connectivity index (χ1n) is 12.6. The number of piperazine rings is 1. The number of anilines is 2. The molecule has 1 saturated heterocycles. The molecule has 0 aliphatic carbocycles. The second-order valence-corrected chi connectivity index (χ2v) is 10.3. The second-order valence-electron chi connectivity index (χ2n) is 9.16. The van der Waals surface area contributed by atoms with Crippen molar-refractivity contribution < 1.29 is 14.3 Å². The minimum Gasteiger partial charge on any atom is -0.494 e. The number of carbonyl (C=O) groups excluding carboxylic acids is 2. The lowest BCUT2D eigenvalue weighted by molar-refractivity contribution is -0.126. The first-order valence-corrected chi connectivity index (χ1v) is 13.9. The van der Waals surface area contributed by atoms with Crippen molar-refractivity contribution >= 4 is 58.0 Å². The summed E-state index contributed by atoms with van der Waals surface area (Å²) in [7, 11) is 0. The highest BCUT2D eigenvalue weighted by molar-refractivity contribution is 6.43. The summed E-state index contributed by atoms with van der Waals surface area (Å²) >= 11 is 18.3. The fraction of sp³-hybridized carbons (Fsp3) is 0.481. The zero-order valence-corrected chi connectivity index (χ0v) is 22.6. The molecule has 0 aromatic heterocycles. The van der Waals surface area contributed by atoms with Crippen molar-refractivity contribution in [3.8, 4) is 5.75 Å². The lowest BCUT2D eigenvalue weighted by Crippen LogP contribution is -2.46. The number of alkyl halides is 1. The number of nitrogens with zero attached hydrogens (tertiary/aromatic N) is 3. The van der Waals surface area contributed by atoms with E-state index in [1.54, 1.807) is 0 Å². The number of carbonyl (C=O) groups is 2. The summed E-state index contributed by atoms with van der Waals surface area (Å²) < 4.78 is 5.98. The molecular formula is C27H32Cl3N3O3. The Bertz CT molecular complexity index is 1070. The zero-order chi connectivity index (χ0) is 25.5. The monoisotopic (exact) mass is 551 g/mol. The summed E-state index contributed by atoms with van der Waals surface area (Å²) in [5.74, 6) is 0.731. The van der Waals surface area contributed by atoms with E-state index in [0.717, 1.165) is 56.8 Å². The third-order valence-electron chi connectivity index (χ3n) is 6.71. The molecule has 0 N–H and O–H groups in total. The smallest absolute Gasteiger partial charge is 0.234 e. The Labute approximate surface area is 228 Å². The van der Waals surface area contributed by atoms with Crippen LogP contribution in [0.4, 0.5) is 11.4 Å². The van der Waals surface area contributed by atoms with Gasteiger partial charge >= 0.3 is 0 Å². The van der Waals surface area contributed by atoms with E-state index in [9.17, 15) is 9.59 Å². The molecule has 2 aliphatic heterocycles. The molecule has 0 spiro atoms. The normalized spacial score (nSPS) is 16.2. The van der Waals surface area contributed by atoms with Gasteiger partial charge in [0.05, 0.1) is 28.0 Å². The third-order valence-corrected chi connectivity index (χ3v) is 7.79. The highest BCUT2D eigenvalue weighted by atomic mass is 35.5. The van der Waals surface area contributed by atoms with Gasteiger partial charge in [-0.1, -0.05) is 35.3 Å². The van der Waals surface area contributed by atoms with Crippen LogP contribution in [0.1, 0.15) is 37.7 Å². The minimum absolute atomic E-state index is 0.156. The average molecular weight is 553 g/mol. The van der Waals surface area contributed by atoms with Crippen LogP contribution in [0.5, 0.6) is 5.75 Å². The number of ether oxygens (including phenoxy) is 1. The summed E-state index contributed by atoms with van der Waals surface area (Å²) in [4.78, 5) is 31.1. The summed E-state index contributed by atoms with van der Waals surface area (Å²) in [6, 6.07) is 11.5. The predicted molar refractivity (Wildman–Crippen MR) is 147 cm³/mol. The number of halogens is 3. The number of benzene rings is 2. The van der Waals surface area contributed by atoms with Crippen molar-refractivity contribution in [3.63, 3.8) is 0 Å². The summed E-state index contributed by atoms with van der Waals surface area (Å²) in [6.07, 6.45) is 3.77. The van der Waals surface area contributed by atoms with E-state index in [1.807, 2.05) is 36.4 Å². The molecule has 36 heavy (non-hydrogen) atoms. The van der Waals surface area contributed by atoms with Crippen molar-refractivity contribution in [2.45, 2.75) is 38.5 Å². The van der Waals surface area contributed by atoms with Gasteiger partial charge in [-0.15, -0.1) is 11.6 Å². The Hall–Kier alpha value is -1.99. The molecule has 9 heteroatoms. The van der Waals surface area contributed by atoms with Crippen molar-refractivity contribution in [1.82, 2.24) is 4.90 Å². The van der Waals surface area contributed by atoms with E-state index in [0.29, 0.717) is 53.2 Å². The van der Waals surface area contributed by atoms with E-state index in [1.165, 1.54) is 4.90 Å². The molecule has 2 heterocycles. The summed E-state index contributed by atoms with van der Waals surface area (Å²) in [6.45, 7) is 5.41. The maximum absolute atomic E-state index is 12.6. The summed E-state index contributed by atoms with van der Waals surface area (Å²) in [5, 5.41) is 1.21. The quantitative estimate of drug-likeness (QED) is 0.275. The Morgan fingerprint density at radius 3 is 2.53 bits per heavy atom. The van der Waals surface area contributed by atoms with Gasteiger partial charge in [-0.2, -0.15) is 0 Å². The van der Waals surface area contributed by atoms with Crippen LogP contribution in [-0.4, -0.2) is 61.9 Å². The van der Waals surface area contributed by atoms with Crippen LogP contribution in [0.25, 0.3) is 0 Å². The second kappa shape index (κ2) is 13.0. The van der Waals surface area contributed by atoms with Crippen LogP contribution < -0.4 is 14.5 Å². The van der Waals surface area contributed by atoms with Gasteiger partial charge in [0.15, 0.2) is 0 Å². The van der Waals surface area contributed by atoms with Crippen LogP contribution in [0.15, 0.2) is 36.4 Å². The van der Waals surface area contributed by atoms with E-state index in [4.69, 9.17) is 39.5 Å². The van der Waals surface area contributed by atoms with E-state index in [2.05, 4.69) is 9.80 Å². The number of unbranched alkanes of at least 4 members (excludes halogenated alkanes) is 1. The lowest BCUT2D eigenvalue weighted by Gasteiger charge is -2.36. The van der Waals surface area contributed by atoms with Crippen LogP contribution in [0.3, 0.4) is 0 Å². The Morgan fingerprint density at radius 2 is 1.75 bits per heavy atom. The fourth-order valence-corrected chi connectivity index (χ4v) is 5.27. The van der Waals surface area contributed by atoms with Crippen LogP contribution in [-0.2, 0) is 16.0 Å².